The van der Waals surface area contributed by atoms with Crippen molar-refractivity contribution in [2.75, 3.05) is 0 Å². The standard InChI is InChI=1S/C26H33ClN2O2/c1-19-12-14-21(15-13-19)18-29(20(2)26(31)28-23-9-4-3-5-10-23)25(30)17-16-22-8-6-7-11-24(22)27/h6-8,11-15,20,23H,3-5,9-10,16-18H2,1-2H3,(H,28,31). The summed E-state index contributed by atoms with van der Waals surface area (Å²) in [6.07, 6.45) is 6.47. The lowest BCUT2D eigenvalue weighted by atomic mass is 9.95. The number of rotatable bonds is 8. The second-order valence-electron chi connectivity index (χ2n) is 8.62. The van der Waals surface area contributed by atoms with Crippen LogP contribution in [-0.2, 0) is 22.6 Å². The zero-order chi connectivity index (χ0) is 22.2. The van der Waals surface area contributed by atoms with E-state index in [9.17, 15) is 9.59 Å². The highest BCUT2D eigenvalue weighted by molar-refractivity contribution is 6.31. The lowest BCUT2D eigenvalue weighted by Gasteiger charge is -2.31. The molecule has 2 aromatic carbocycles. The molecule has 0 aromatic heterocycles. The third kappa shape index (κ3) is 6.83. The van der Waals surface area contributed by atoms with Crippen molar-refractivity contribution in [3.05, 3.63) is 70.2 Å². The van der Waals surface area contributed by atoms with Crippen LogP contribution in [0.2, 0.25) is 5.02 Å². The van der Waals surface area contributed by atoms with Crippen molar-refractivity contribution in [3.63, 3.8) is 0 Å². The van der Waals surface area contributed by atoms with Gasteiger partial charge in [-0.05, 0) is 50.3 Å². The van der Waals surface area contributed by atoms with Gasteiger partial charge in [-0.3, -0.25) is 9.59 Å². The Bertz CT molecular complexity index is 875. The molecule has 0 radical (unpaired) electrons. The van der Waals surface area contributed by atoms with Crippen LogP contribution in [0.25, 0.3) is 0 Å². The molecule has 31 heavy (non-hydrogen) atoms. The van der Waals surface area contributed by atoms with Crippen molar-refractivity contribution >= 4 is 23.4 Å². The molecule has 0 bridgehead atoms. The Morgan fingerprint density at radius 2 is 1.74 bits per heavy atom. The van der Waals surface area contributed by atoms with Crippen LogP contribution in [0, 0.1) is 6.92 Å². The van der Waals surface area contributed by atoms with Crippen LogP contribution in [0.1, 0.15) is 62.1 Å². The molecule has 0 saturated heterocycles. The lowest BCUT2D eigenvalue weighted by Crippen LogP contribution is -2.50. The number of carbonyl (C=O) groups excluding carboxylic acids is 2. The molecule has 3 rings (SSSR count). The maximum absolute atomic E-state index is 13.2. The van der Waals surface area contributed by atoms with Crippen LogP contribution in [0.5, 0.6) is 0 Å². The fourth-order valence-corrected chi connectivity index (χ4v) is 4.36. The fraction of sp³-hybridized carbons (Fsp3) is 0.462. The van der Waals surface area contributed by atoms with Gasteiger partial charge in [0.15, 0.2) is 0 Å². The van der Waals surface area contributed by atoms with Gasteiger partial charge < -0.3 is 10.2 Å². The molecule has 2 aromatic rings. The van der Waals surface area contributed by atoms with Gasteiger partial charge in [0.05, 0.1) is 0 Å². The maximum Gasteiger partial charge on any atom is 0.242 e. The summed E-state index contributed by atoms with van der Waals surface area (Å²) < 4.78 is 0. The molecule has 1 saturated carbocycles. The van der Waals surface area contributed by atoms with Crippen molar-refractivity contribution in [2.45, 2.75) is 77.4 Å². The van der Waals surface area contributed by atoms with E-state index in [1.54, 1.807) is 4.90 Å². The Balaban J connectivity index is 1.70. The number of amides is 2. The second kappa shape index (κ2) is 11.3. The first-order valence-corrected chi connectivity index (χ1v) is 11.7. The van der Waals surface area contributed by atoms with E-state index in [1.165, 1.54) is 12.0 Å². The van der Waals surface area contributed by atoms with Crippen LogP contribution in [0.4, 0.5) is 0 Å². The third-order valence-electron chi connectivity index (χ3n) is 6.16. The number of nitrogens with one attached hydrogen (secondary N) is 1. The van der Waals surface area contributed by atoms with E-state index < -0.39 is 6.04 Å². The van der Waals surface area contributed by atoms with Crippen LogP contribution < -0.4 is 5.32 Å². The largest absolute Gasteiger partial charge is 0.352 e. The summed E-state index contributed by atoms with van der Waals surface area (Å²) in [4.78, 5) is 28.0. The predicted octanol–water partition coefficient (Wildman–Crippen LogP) is 5.45. The molecule has 1 aliphatic carbocycles. The van der Waals surface area contributed by atoms with Crippen molar-refractivity contribution in [1.29, 1.82) is 0 Å². The van der Waals surface area contributed by atoms with Gasteiger partial charge in [-0.15, -0.1) is 0 Å². The summed E-state index contributed by atoms with van der Waals surface area (Å²) in [5.74, 6) is -0.100. The average Bonchev–Trinajstić information content (AvgIpc) is 2.78. The zero-order valence-electron chi connectivity index (χ0n) is 18.6. The molecule has 0 aliphatic heterocycles. The van der Waals surface area contributed by atoms with Crippen molar-refractivity contribution < 1.29 is 9.59 Å². The normalized spacial score (nSPS) is 15.3. The van der Waals surface area contributed by atoms with Gasteiger partial charge in [0, 0.05) is 24.0 Å². The first-order valence-electron chi connectivity index (χ1n) is 11.3. The number of carbonyl (C=O) groups is 2. The summed E-state index contributed by atoms with van der Waals surface area (Å²) in [6.45, 7) is 4.29. The van der Waals surface area contributed by atoms with E-state index in [0.717, 1.165) is 36.8 Å². The zero-order valence-corrected chi connectivity index (χ0v) is 19.3. The topological polar surface area (TPSA) is 49.4 Å². The van der Waals surface area contributed by atoms with Crippen LogP contribution in [0.15, 0.2) is 48.5 Å². The SMILES string of the molecule is Cc1ccc(CN(C(=O)CCc2ccccc2Cl)C(C)C(=O)NC2CCCCC2)cc1. The maximum atomic E-state index is 13.2. The van der Waals surface area contributed by atoms with Gasteiger partial charge >= 0.3 is 0 Å². The molecule has 1 fully saturated rings. The van der Waals surface area contributed by atoms with Gasteiger partial charge in [-0.2, -0.15) is 0 Å². The summed E-state index contributed by atoms with van der Waals surface area (Å²) in [7, 11) is 0. The number of aryl methyl sites for hydroxylation is 2. The van der Waals surface area contributed by atoms with E-state index in [0.29, 0.717) is 24.4 Å². The van der Waals surface area contributed by atoms with Crippen LogP contribution in [-0.4, -0.2) is 28.8 Å². The summed E-state index contributed by atoms with van der Waals surface area (Å²) in [5, 5.41) is 3.85. The van der Waals surface area contributed by atoms with Crippen molar-refractivity contribution in [1.82, 2.24) is 10.2 Å². The molecule has 5 heteroatoms. The lowest BCUT2D eigenvalue weighted by molar-refractivity contribution is -0.141. The Morgan fingerprint density at radius 1 is 1.06 bits per heavy atom. The fourth-order valence-electron chi connectivity index (χ4n) is 4.13. The predicted molar refractivity (Wildman–Crippen MR) is 126 cm³/mol. The average molecular weight is 441 g/mol. The Labute approximate surface area is 191 Å². The van der Waals surface area contributed by atoms with E-state index >= 15 is 0 Å². The number of hydrogen-bond donors (Lipinski definition) is 1. The molecule has 0 spiro atoms. The minimum absolute atomic E-state index is 0.0354. The van der Waals surface area contributed by atoms with Crippen molar-refractivity contribution in [2.24, 2.45) is 0 Å². The smallest absolute Gasteiger partial charge is 0.242 e. The van der Waals surface area contributed by atoms with E-state index in [2.05, 4.69) is 5.32 Å². The monoisotopic (exact) mass is 440 g/mol. The molecule has 1 N–H and O–H groups in total. The Hall–Kier alpha value is -2.33. The number of hydrogen-bond acceptors (Lipinski definition) is 2. The van der Waals surface area contributed by atoms with E-state index in [4.69, 9.17) is 11.6 Å². The molecule has 2 amide bonds. The summed E-state index contributed by atoms with van der Waals surface area (Å²) in [6, 6.07) is 15.4. The molecule has 4 nitrogen and oxygen atoms in total. The molecule has 1 aliphatic rings. The van der Waals surface area contributed by atoms with Crippen molar-refractivity contribution in [3.8, 4) is 0 Å². The third-order valence-corrected chi connectivity index (χ3v) is 6.53. The minimum atomic E-state index is -0.526. The number of benzene rings is 2. The summed E-state index contributed by atoms with van der Waals surface area (Å²) in [5.41, 5.74) is 3.14. The molecule has 1 unspecified atom stereocenters. The molecule has 0 heterocycles. The van der Waals surface area contributed by atoms with Crippen LogP contribution in [0.3, 0.4) is 0 Å². The minimum Gasteiger partial charge on any atom is -0.352 e. The molecular formula is C26H33ClN2O2. The Morgan fingerprint density at radius 3 is 2.42 bits per heavy atom. The van der Waals surface area contributed by atoms with Gasteiger partial charge in [0.25, 0.3) is 0 Å². The molecular weight excluding hydrogens is 408 g/mol. The quantitative estimate of drug-likeness (QED) is 0.593. The highest BCUT2D eigenvalue weighted by atomic mass is 35.5. The Kier molecular flexibility index (Phi) is 8.53. The van der Waals surface area contributed by atoms with Crippen LogP contribution >= 0.6 is 11.6 Å². The second-order valence-corrected chi connectivity index (χ2v) is 9.03. The molecule has 1 atom stereocenters. The van der Waals surface area contributed by atoms with Gasteiger partial charge in [-0.25, -0.2) is 0 Å². The first-order chi connectivity index (χ1) is 14.9. The van der Waals surface area contributed by atoms with Gasteiger partial charge in [0.1, 0.15) is 6.04 Å². The first kappa shape index (κ1) is 23.3. The highest BCUT2D eigenvalue weighted by Crippen LogP contribution is 2.20. The summed E-state index contributed by atoms with van der Waals surface area (Å²) >= 11 is 6.26. The highest BCUT2D eigenvalue weighted by Gasteiger charge is 2.28. The van der Waals surface area contributed by atoms with Gasteiger partial charge in [-0.1, -0.05) is 78.9 Å². The molecule has 166 valence electrons. The van der Waals surface area contributed by atoms with E-state index in [1.807, 2.05) is 62.4 Å². The number of nitrogens with zero attached hydrogens (tertiary/aromatic N) is 1. The van der Waals surface area contributed by atoms with Gasteiger partial charge in [0.2, 0.25) is 11.8 Å². The number of halogens is 1. The van der Waals surface area contributed by atoms with E-state index in [-0.39, 0.29) is 17.9 Å².